The summed E-state index contributed by atoms with van der Waals surface area (Å²) in [5.41, 5.74) is 2.71. The van der Waals surface area contributed by atoms with Crippen molar-refractivity contribution in [3.63, 3.8) is 0 Å². The Hall–Kier alpha value is -1.64. The molecule has 2 heterocycles. The minimum absolute atomic E-state index is 0.109. The number of halogens is 2. The van der Waals surface area contributed by atoms with Crippen molar-refractivity contribution in [2.24, 2.45) is 5.92 Å². The zero-order valence-corrected chi connectivity index (χ0v) is 22.2. The lowest BCUT2D eigenvalue weighted by Crippen LogP contribution is -2.45. The highest BCUT2D eigenvalue weighted by molar-refractivity contribution is 7.88. The van der Waals surface area contributed by atoms with Gasteiger partial charge in [-0.15, -0.1) is 0 Å². The third kappa shape index (κ3) is 7.20. The normalized spacial score (nSPS) is 20.0. The highest BCUT2D eigenvalue weighted by Crippen LogP contribution is 2.29. The molecule has 1 N–H and O–H groups in total. The molecule has 0 radical (unpaired) electrons. The summed E-state index contributed by atoms with van der Waals surface area (Å²) in [4.78, 5) is 15.4. The van der Waals surface area contributed by atoms with Crippen molar-refractivity contribution >= 4 is 39.1 Å². The monoisotopic (exact) mass is 537 g/mol. The van der Waals surface area contributed by atoms with Gasteiger partial charge in [0.25, 0.3) is 0 Å². The van der Waals surface area contributed by atoms with Gasteiger partial charge in [0.2, 0.25) is 15.9 Å². The second-order valence-corrected chi connectivity index (χ2v) is 12.3. The van der Waals surface area contributed by atoms with Crippen molar-refractivity contribution in [3.05, 3.63) is 69.2 Å². The number of rotatable bonds is 8. The molecule has 190 valence electrons. The third-order valence-electron chi connectivity index (χ3n) is 6.85. The molecular weight excluding hydrogens is 505 g/mol. The van der Waals surface area contributed by atoms with Gasteiger partial charge in [-0.05, 0) is 62.0 Å². The summed E-state index contributed by atoms with van der Waals surface area (Å²) in [6.07, 6.45) is 5.14. The van der Waals surface area contributed by atoms with Gasteiger partial charge in [-0.2, -0.15) is 0 Å². The molecule has 1 atom stereocenters. The predicted octanol–water partition coefficient (Wildman–Crippen LogP) is 4.84. The largest absolute Gasteiger partial charge is 0.352 e. The van der Waals surface area contributed by atoms with E-state index in [1.165, 1.54) is 29.1 Å². The molecule has 2 aromatic carbocycles. The Labute approximate surface area is 218 Å². The summed E-state index contributed by atoms with van der Waals surface area (Å²) in [6, 6.07) is 13.3. The molecule has 0 bridgehead atoms. The number of carbonyl (C=O) groups is 1. The fraction of sp³-hybridized carbons (Fsp3) is 0.500. The van der Waals surface area contributed by atoms with Crippen molar-refractivity contribution in [2.75, 3.05) is 26.2 Å². The van der Waals surface area contributed by atoms with Gasteiger partial charge < -0.3 is 5.32 Å². The molecule has 0 aliphatic carbocycles. The van der Waals surface area contributed by atoms with E-state index in [2.05, 4.69) is 22.3 Å². The van der Waals surface area contributed by atoms with E-state index in [1.54, 1.807) is 18.2 Å². The number of piperidine rings is 2. The molecule has 2 fully saturated rings. The molecule has 2 aromatic rings. The fourth-order valence-electron chi connectivity index (χ4n) is 4.90. The average Bonchev–Trinajstić information content (AvgIpc) is 2.86. The Kier molecular flexibility index (Phi) is 9.11. The first-order valence-corrected chi connectivity index (χ1v) is 14.7. The molecule has 1 amide bonds. The number of likely N-dealkylation sites (tertiary alicyclic amines) is 1. The van der Waals surface area contributed by atoms with E-state index in [0.717, 1.165) is 25.2 Å². The maximum absolute atomic E-state index is 13.1. The Morgan fingerprint density at radius 2 is 1.63 bits per heavy atom. The van der Waals surface area contributed by atoms with Crippen LogP contribution >= 0.6 is 23.2 Å². The molecule has 0 aromatic heterocycles. The van der Waals surface area contributed by atoms with Crippen LogP contribution in [0.2, 0.25) is 10.0 Å². The van der Waals surface area contributed by atoms with E-state index in [-0.39, 0.29) is 24.1 Å². The number of benzene rings is 2. The second kappa shape index (κ2) is 12.1. The highest BCUT2D eigenvalue weighted by atomic mass is 35.5. The quantitative estimate of drug-likeness (QED) is 0.523. The van der Waals surface area contributed by atoms with Gasteiger partial charge in [0, 0.05) is 41.8 Å². The molecule has 35 heavy (non-hydrogen) atoms. The van der Waals surface area contributed by atoms with Gasteiger partial charge in [0.1, 0.15) is 0 Å². The number of hydrogen-bond donors (Lipinski definition) is 1. The maximum Gasteiger partial charge on any atom is 0.224 e. The van der Waals surface area contributed by atoms with Crippen LogP contribution in [0.15, 0.2) is 42.5 Å². The van der Waals surface area contributed by atoms with Crippen LogP contribution in [-0.2, 0) is 33.7 Å². The van der Waals surface area contributed by atoms with Crippen molar-refractivity contribution in [1.82, 2.24) is 14.5 Å². The summed E-state index contributed by atoms with van der Waals surface area (Å²) in [5, 5.41) is 3.68. The van der Waals surface area contributed by atoms with E-state index in [4.69, 9.17) is 23.2 Å². The number of nitrogens with zero attached hydrogens (tertiary/aromatic N) is 2. The molecule has 2 aliphatic rings. The van der Waals surface area contributed by atoms with Crippen LogP contribution in [0, 0.1) is 5.92 Å². The highest BCUT2D eigenvalue weighted by Gasteiger charge is 2.33. The molecule has 0 unspecified atom stereocenters. The van der Waals surface area contributed by atoms with Crippen LogP contribution in [0.4, 0.5) is 0 Å². The first kappa shape index (κ1) is 26.4. The van der Waals surface area contributed by atoms with Crippen molar-refractivity contribution in [3.8, 4) is 0 Å². The number of hydrogen-bond acceptors (Lipinski definition) is 4. The Bertz CT molecular complexity index is 1120. The van der Waals surface area contributed by atoms with E-state index >= 15 is 0 Å². The summed E-state index contributed by atoms with van der Waals surface area (Å²) in [7, 11) is -3.65. The van der Waals surface area contributed by atoms with E-state index in [1.807, 2.05) is 12.1 Å². The van der Waals surface area contributed by atoms with E-state index < -0.39 is 10.0 Å². The minimum Gasteiger partial charge on any atom is -0.352 e. The smallest absolute Gasteiger partial charge is 0.224 e. The lowest BCUT2D eigenvalue weighted by Gasteiger charge is -2.31. The zero-order valence-electron chi connectivity index (χ0n) is 19.9. The predicted molar refractivity (Wildman–Crippen MR) is 141 cm³/mol. The number of amides is 1. The SMILES string of the molecule is O=C(NCc1cccc(CN2CCCCC2)c1)[C@H]1CCCN(S(=O)(=O)Cc2c(Cl)cccc2Cl)C1. The molecule has 9 heteroatoms. The van der Waals surface area contributed by atoms with Gasteiger partial charge in [-0.1, -0.05) is 60.0 Å². The van der Waals surface area contributed by atoms with Gasteiger partial charge >= 0.3 is 0 Å². The number of nitrogens with one attached hydrogen (secondary N) is 1. The maximum atomic E-state index is 13.1. The van der Waals surface area contributed by atoms with E-state index in [9.17, 15) is 13.2 Å². The summed E-state index contributed by atoms with van der Waals surface area (Å²) >= 11 is 12.4. The molecular formula is C26H33Cl2N3O3S. The third-order valence-corrected chi connectivity index (χ3v) is 9.33. The van der Waals surface area contributed by atoms with Crippen LogP contribution in [-0.4, -0.2) is 49.7 Å². The zero-order chi connectivity index (χ0) is 24.8. The van der Waals surface area contributed by atoms with Crippen LogP contribution in [0.25, 0.3) is 0 Å². The molecule has 4 rings (SSSR count). The Balaban J connectivity index is 1.32. The van der Waals surface area contributed by atoms with Gasteiger partial charge in [-0.3, -0.25) is 9.69 Å². The second-order valence-electron chi connectivity index (χ2n) is 9.53. The van der Waals surface area contributed by atoms with Crippen molar-refractivity contribution < 1.29 is 13.2 Å². The molecule has 2 aliphatic heterocycles. The van der Waals surface area contributed by atoms with Crippen molar-refractivity contribution in [2.45, 2.75) is 50.9 Å². The van der Waals surface area contributed by atoms with Crippen LogP contribution in [0.1, 0.15) is 48.8 Å². The molecule has 6 nitrogen and oxygen atoms in total. The van der Waals surface area contributed by atoms with Gasteiger partial charge in [-0.25, -0.2) is 12.7 Å². The summed E-state index contributed by atoms with van der Waals surface area (Å²) < 4.78 is 27.6. The lowest BCUT2D eigenvalue weighted by molar-refractivity contribution is -0.126. The summed E-state index contributed by atoms with van der Waals surface area (Å²) in [6.45, 7) is 4.23. The van der Waals surface area contributed by atoms with Crippen LogP contribution in [0.5, 0.6) is 0 Å². The number of sulfonamides is 1. The average molecular weight is 539 g/mol. The fourth-order valence-corrected chi connectivity index (χ4v) is 7.26. The molecule has 0 saturated carbocycles. The number of carbonyl (C=O) groups excluding carboxylic acids is 1. The van der Waals surface area contributed by atoms with Crippen LogP contribution < -0.4 is 5.32 Å². The first-order chi connectivity index (χ1) is 16.8. The van der Waals surface area contributed by atoms with E-state index in [0.29, 0.717) is 41.5 Å². The Morgan fingerprint density at radius 3 is 2.37 bits per heavy atom. The standard InChI is InChI=1S/C26H33Cl2N3O3S/c27-24-10-5-11-25(28)23(24)19-35(33,34)31-14-6-9-22(18-31)26(32)29-16-20-7-4-8-21(15-20)17-30-12-2-1-3-13-30/h4-5,7-8,10-11,15,22H,1-3,6,9,12-14,16-19H2,(H,29,32)/t22-/m0/s1. The topological polar surface area (TPSA) is 69.7 Å². The summed E-state index contributed by atoms with van der Waals surface area (Å²) in [5.74, 6) is -0.761. The lowest BCUT2D eigenvalue weighted by atomic mass is 9.98. The Morgan fingerprint density at radius 1 is 0.943 bits per heavy atom. The first-order valence-electron chi connectivity index (χ1n) is 12.3. The van der Waals surface area contributed by atoms with Gasteiger partial charge in [0.05, 0.1) is 11.7 Å². The molecule has 2 saturated heterocycles. The minimum atomic E-state index is -3.65. The van der Waals surface area contributed by atoms with Gasteiger partial charge in [0.15, 0.2) is 0 Å². The van der Waals surface area contributed by atoms with Crippen LogP contribution in [0.3, 0.4) is 0 Å². The molecule has 0 spiro atoms. The van der Waals surface area contributed by atoms with Crippen molar-refractivity contribution in [1.29, 1.82) is 0 Å².